The number of imidazole rings is 1. The number of nitrogens with one attached hydrogen (secondary N) is 1. The summed E-state index contributed by atoms with van der Waals surface area (Å²) in [5, 5.41) is 3.79. The van der Waals surface area contributed by atoms with Gasteiger partial charge in [0.2, 0.25) is 0 Å². The summed E-state index contributed by atoms with van der Waals surface area (Å²) in [4.78, 5) is 9.62. The standard InChI is InChI=1S/C22H30N4/c1-15-10-8-12-17(23-15)19-20(25-22(6,7)14-21(3,4)5)26-16(2)11-9-13-18(26)24-19/h8-13,25H,14H2,1-7H3. The van der Waals surface area contributed by atoms with E-state index in [1.807, 2.05) is 31.2 Å². The highest BCUT2D eigenvalue weighted by Crippen LogP contribution is 2.34. The Kier molecular flexibility index (Phi) is 4.55. The zero-order valence-corrected chi connectivity index (χ0v) is 17.0. The Morgan fingerprint density at radius 2 is 1.62 bits per heavy atom. The van der Waals surface area contributed by atoms with Crippen LogP contribution in [0.2, 0.25) is 0 Å². The third kappa shape index (κ3) is 3.90. The van der Waals surface area contributed by atoms with Crippen molar-refractivity contribution < 1.29 is 0 Å². The van der Waals surface area contributed by atoms with Crippen molar-refractivity contribution in [1.29, 1.82) is 0 Å². The lowest BCUT2D eigenvalue weighted by Gasteiger charge is -2.34. The van der Waals surface area contributed by atoms with E-state index in [1.165, 1.54) is 0 Å². The molecule has 0 aliphatic rings. The molecule has 0 aliphatic heterocycles. The first-order valence-corrected chi connectivity index (χ1v) is 9.26. The molecule has 0 saturated carbocycles. The van der Waals surface area contributed by atoms with Crippen LogP contribution in [0.1, 0.15) is 52.4 Å². The number of pyridine rings is 2. The van der Waals surface area contributed by atoms with Gasteiger partial charge in [-0.15, -0.1) is 0 Å². The zero-order chi connectivity index (χ0) is 19.1. The summed E-state index contributed by atoms with van der Waals surface area (Å²) in [6, 6.07) is 12.3. The van der Waals surface area contributed by atoms with Crippen LogP contribution in [0.5, 0.6) is 0 Å². The minimum atomic E-state index is -0.0743. The molecule has 3 aromatic heterocycles. The quantitative estimate of drug-likeness (QED) is 0.662. The average molecular weight is 351 g/mol. The van der Waals surface area contributed by atoms with Gasteiger partial charge < -0.3 is 5.32 Å². The minimum Gasteiger partial charge on any atom is -0.364 e. The Hall–Kier alpha value is -2.36. The van der Waals surface area contributed by atoms with E-state index < -0.39 is 0 Å². The smallest absolute Gasteiger partial charge is 0.141 e. The maximum Gasteiger partial charge on any atom is 0.141 e. The summed E-state index contributed by atoms with van der Waals surface area (Å²) in [5.41, 5.74) is 5.06. The molecule has 0 fully saturated rings. The van der Waals surface area contributed by atoms with Crippen molar-refractivity contribution in [1.82, 2.24) is 14.4 Å². The second-order valence-electron chi connectivity index (χ2n) is 9.08. The maximum absolute atomic E-state index is 4.90. The topological polar surface area (TPSA) is 42.2 Å². The maximum atomic E-state index is 4.90. The first kappa shape index (κ1) is 18.4. The predicted octanol–water partition coefficient (Wildman–Crippen LogP) is 5.64. The van der Waals surface area contributed by atoms with Gasteiger partial charge in [-0.3, -0.25) is 9.38 Å². The molecule has 0 amide bonds. The van der Waals surface area contributed by atoms with Crippen molar-refractivity contribution in [2.45, 2.75) is 60.4 Å². The summed E-state index contributed by atoms with van der Waals surface area (Å²) >= 11 is 0. The molecule has 0 unspecified atom stereocenters. The monoisotopic (exact) mass is 350 g/mol. The number of aromatic nitrogens is 3. The Balaban J connectivity index is 2.17. The molecule has 0 spiro atoms. The summed E-state index contributed by atoms with van der Waals surface area (Å²) in [7, 11) is 0. The Morgan fingerprint density at radius 1 is 0.923 bits per heavy atom. The van der Waals surface area contributed by atoms with Crippen LogP contribution < -0.4 is 5.32 Å². The normalized spacial score (nSPS) is 12.6. The average Bonchev–Trinajstić information content (AvgIpc) is 2.84. The first-order valence-electron chi connectivity index (χ1n) is 9.26. The SMILES string of the molecule is Cc1cccc(-c2nc3cccc(C)n3c2NC(C)(C)CC(C)(C)C)n1. The summed E-state index contributed by atoms with van der Waals surface area (Å²) in [6.45, 7) is 15.5. The summed E-state index contributed by atoms with van der Waals surface area (Å²) in [5.74, 6) is 1.02. The van der Waals surface area contributed by atoms with E-state index in [0.29, 0.717) is 0 Å². The molecule has 0 saturated heterocycles. The van der Waals surface area contributed by atoms with Crippen LogP contribution in [0.4, 0.5) is 5.82 Å². The van der Waals surface area contributed by atoms with E-state index in [2.05, 4.69) is 63.4 Å². The lowest BCUT2D eigenvalue weighted by Crippen LogP contribution is -2.36. The van der Waals surface area contributed by atoms with Crippen LogP contribution in [0.25, 0.3) is 17.0 Å². The molecule has 0 aliphatic carbocycles. The van der Waals surface area contributed by atoms with Gasteiger partial charge in [0.15, 0.2) is 0 Å². The van der Waals surface area contributed by atoms with Crippen LogP contribution in [-0.4, -0.2) is 19.9 Å². The second-order valence-corrected chi connectivity index (χ2v) is 9.08. The molecule has 4 heteroatoms. The van der Waals surface area contributed by atoms with E-state index in [-0.39, 0.29) is 11.0 Å². The van der Waals surface area contributed by atoms with Crippen molar-refractivity contribution in [3.8, 4) is 11.4 Å². The summed E-state index contributed by atoms with van der Waals surface area (Å²) < 4.78 is 2.20. The molecule has 0 bridgehead atoms. The van der Waals surface area contributed by atoms with Gasteiger partial charge in [-0.25, -0.2) is 4.98 Å². The number of rotatable bonds is 4. The number of fused-ring (bicyclic) bond motifs is 1. The summed E-state index contributed by atoms with van der Waals surface area (Å²) in [6.07, 6.45) is 1.04. The molecule has 26 heavy (non-hydrogen) atoms. The van der Waals surface area contributed by atoms with E-state index in [1.54, 1.807) is 0 Å². The highest BCUT2D eigenvalue weighted by atomic mass is 15.2. The molecule has 3 heterocycles. The second kappa shape index (κ2) is 6.42. The Bertz CT molecular complexity index is 929. The molecule has 3 rings (SSSR count). The highest BCUT2D eigenvalue weighted by molar-refractivity contribution is 5.75. The molecular weight excluding hydrogens is 320 g/mol. The van der Waals surface area contributed by atoms with Crippen molar-refractivity contribution in [3.05, 3.63) is 47.8 Å². The van der Waals surface area contributed by atoms with Crippen LogP contribution in [0, 0.1) is 19.3 Å². The minimum absolute atomic E-state index is 0.0743. The van der Waals surface area contributed by atoms with Gasteiger partial charge in [0, 0.05) is 16.9 Å². The van der Waals surface area contributed by atoms with Gasteiger partial charge in [-0.1, -0.05) is 32.9 Å². The van der Waals surface area contributed by atoms with Crippen LogP contribution in [0.15, 0.2) is 36.4 Å². The molecule has 0 atom stereocenters. The lowest BCUT2D eigenvalue weighted by atomic mass is 9.82. The predicted molar refractivity (Wildman–Crippen MR) is 110 cm³/mol. The van der Waals surface area contributed by atoms with Crippen molar-refractivity contribution in [2.75, 3.05) is 5.32 Å². The Morgan fingerprint density at radius 3 is 2.27 bits per heavy atom. The Labute approximate surface area is 156 Å². The van der Waals surface area contributed by atoms with Crippen molar-refractivity contribution >= 4 is 11.5 Å². The zero-order valence-electron chi connectivity index (χ0n) is 17.0. The van der Waals surface area contributed by atoms with Crippen LogP contribution in [0.3, 0.4) is 0 Å². The molecule has 0 radical (unpaired) electrons. The number of hydrogen-bond acceptors (Lipinski definition) is 3. The molecule has 3 aromatic rings. The number of nitrogens with zero attached hydrogens (tertiary/aromatic N) is 3. The van der Waals surface area contributed by atoms with E-state index in [0.717, 1.165) is 40.7 Å². The lowest BCUT2D eigenvalue weighted by molar-refractivity contribution is 0.302. The first-order chi connectivity index (χ1) is 12.1. The van der Waals surface area contributed by atoms with Crippen LogP contribution in [-0.2, 0) is 0 Å². The third-order valence-electron chi connectivity index (χ3n) is 4.40. The van der Waals surface area contributed by atoms with E-state index in [9.17, 15) is 0 Å². The van der Waals surface area contributed by atoms with E-state index in [4.69, 9.17) is 9.97 Å². The van der Waals surface area contributed by atoms with Crippen molar-refractivity contribution in [3.63, 3.8) is 0 Å². The van der Waals surface area contributed by atoms with Gasteiger partial charge in [0.25, 0.3) is 0 Å². The van der Waals surface area contributed by atoms with Gasteiger partial charge >= 0.3 is 0 Å². The van der Waals surface area contributed by atoms with Crippen molar-refractivity contribution in [2.24, 2.45) is 5.41 Å². The van der Waals surface area contributed by atoms with Gasteiger partial charge in [0.1, 0.15) is 17.2 Å². The third-order valence-corrected chi connectivity index (χ3v) is 4.40. The van der Waals surface area contributed by atoms with Gasteiger partial charge in [0.05, 0.1) is 5.69 Å². The highest BCUT2D eigenvalue weighted by Gasteiger charge is 2.28. The van der Waals surface area contributed by atoms with Gasteiger partial charge in [-0.05, 0) is 63.8 Å². The number of hydrogen-bond donors (Lipinski definition) is 1. The largest absolute Gasteiger partial charge is 0.364 e. The number of aryl methyl sites for hydroxylation is 2. The molecule has 138 valence electrons. The fraction of sp³-hybridized carbons (Fsp3) is 0.455. The molecule has 1 N–H and O–H groups in total. The number of anilines is 1. The molecular formula is C22H30N4. The van der Waals surface area contributed by atoms with E-state index >= 15 is 0 Å². The fourth-order valence-corrected chi connectivity index (χ4v) is 3.91. The molecule has 4 nitrogen and oxygen atoms in total. The van der Waals surface area contributed by atoms with Gasteiger partial charge in [-0.2, -0.15) is 0 Å². The molecule has 0 aromatic carbocycles. The fourth-order valence-electron chi connectivity index (χ4n) is 3.91. The van der Waals surface area contributed by atoms with Crippen LogP contribution >= 0.6 is 0 Å².